The summed E-state index contributed by atoms with van der Waals surface area (Å²) in [6.07, 6.45) is 2.37. The molecular formula is C13H10Br2Cl2N2. The first-order valence-corrected chi connectivity index (χ1v) is 7.82. The SMILES string of the molecule is NC(Cc1ccc(Cl)c(Cl)c1)c1ncc(Br)cc1Br. The first kappa shape index (κ1) is 15.3. The third-order valence-electron chi connectivity index (χ3n) is 2.63. The fourth-order valence-corrected chi connectivity index (χ4v) is 3.32. The number of rotatable bonds is 3. The summed E-state index contributed by atoms with van der Waals surface area (Å²) in [6, 6.07) is 7.24. The Kier molecular flexibility index (Phi) is 5.26. The average Bonchev–Trinajstić information content (AvgIpc) is 2.33. The van der Waals surface area contributed by atoms with Gasteiger partial charge in [-0.1, -0.05) is 29.3 Å². The fraction of sp³-hybridized carbons (Fsp3) is 0.154. The van der Waals surface area contributed by atoms with Gasteiger partial charge in [-0.15, -0.1) is 0 Å². The third-order valence-corrected chi connectivity index (χ3v) is 4.43. The maximum Gasteiger partial charge on any atom is 0.0716 e. The molecule has 0 bridgehead atoms. The molecule has 19 heavy (non-hydrogen) atoms. The van der Waals surface area contributed by atoms with Crippen LogP contribution in [0.1, 0.15) is 17.3 Å². The summed E-state index contributed by atoms with van der Waals surface area (Å²) in [4.78, 5) is 4.34. The summed E-state index contributed by atoms with van der Waals surface area (Å²) in [5, 5.41) is 1.08. The second kappa shape index (κ2) is 6.55. The maximum atomic E-state index is 6.18. The van der Waals surface area contributed by atoms with Gasteiger partial charge in [0.1, 0.15) is 0 Å². The highest BCUT2D eigenvalue weighted by Crippen LogP contribution is 2.28. The number of halogens is 4. The summed E-state index contributed by atoms with van der Waals surface area (Å²) in [5.74, 6) is 0. The topological polar surface area (TPSA) is 38.9 Å². The van der Waals surface area contributed by atoms with Crippen molar-refractivity contribution in [2.24, 2.45) is 5.73 Å². The Balaban J connectivity index is 2.20. The van der Waals surface area contributed by atoms with E-state index < -0.39 is 0 Å². The van der Waals surface area contributed by atoms with Crippen molar-refractivity contribution in [1.29, 1.82) is 0 Å². The van der Waals surface area contributed by atoms with Gasteiger partial charge in [-0.25, -0.2) is 0 Å². The van der Waals surface area contributed by atoms with Crippen LogP contribution in [-0.2, 0) is 6.42 Å². The van der Waals surface area contributed by atoms with E-state index in [0.29, 0.717) is 16.5 Å². The molecule has 0 aliphatic heterocycles. The van der Waals surface area contributed by atoms with Crippen LogP contribution in [-0.4, -0.2) is 4.98 Å². The van der Waals surface area contributed by atoms with E-state index in [2.05, 4.69) is 36.8 Å². The van der Waals surface area contributed by atoms with Crippen molar-refractivity contribution >= 4 is 55.1 Å². The first-order chi connectivity index (χ1) is 8.97. The Hall–Kier alpha value is -0.130. The highest BCUT2D eigenvalue weighted by molar-refractivity contribution is 9.11. The standard InChI is InChI=1S/C13H10Br2Cl2N2/c14-8-5-9(15)13(19-6-8)12(18)4-7-1-2-10(16)11(17)3-7/h1-3,5-6,12H,4,18H2. The quantitative estimate of drug-likeness (QED) is 0.739. The van der Waals surface area contributed by atoms with E-state index >= 15 is 0 Å². The van der Waals surface area contributed by atoms with Crippen molar-refractivity contribution in [3.05, 3.63) is 60.7 Å². The molecule has 0 spiro atoms. The van der Waals surface area contributed by atoms with Crippen molar-refractivity contribution in [2.45, 2.75) is 12.5 Å². The number of hydrogen-bond donors (Lipinski definition) is 1. The smallest absolute Gasteiger partial charge is 0.0716 e. The summed E-state index contributed by atoms with van der Waals surface area (Å²) >= 11 is 18.7. The highest BCUT2D eigenvalue weighted by atomic mass is 79.9. The monoisotopic (exact) mass is 422 g/mol. The van der Waals surface area contributed by atoms with Crippen LogP contribution in [0.4, 0.5) is 0 Å². The zero-order chi connectivity index (χ0) is 14.0. The molecule has 2 N–H and O–H groups in total. The predicted molar refractivity (Wildman–Crippen MR) is 86.7 cm³/mol. The van der Waals surface area contributed by atoms with Gasteiger partial charge in [0.25, 0.3) is 0 Å². The van der Waals surface area contributed by atoms with E-state index in [1.807, 2.05) is 18.2 Å². The summed E-state index contributed by atoms with van der Waals surface area (Å²) in [6.45, 7) is 0. The van der Waals surface area contributed by atoms with Gasteiger partial charge in [0.05, 0.1) is 21.8 Å². The van der Waals surface area contributed by atoms with Gasteiger partial charge in [0.15, 0.2) is 0 Å². The molecule has 0 radical (unpaired) electrons. The Morgan fingerprint density at radius 1 is 1.16 bits per heavy atom. The van der Waals surface area contributed by atoms with Crippen LogP contribution in [0.25, 0.3) is 0 Å². The Labute approximate surface area is 138 Å². The molecule has 1 atom stereocenters. The molecule has 0 amide bonds. The molecule has 2 aromatic rings. The van der Waals surface area contributed by atoms with Gasteiger partial charge in [-0.2, -0.15) is 0 Å². The Morgan fingerprint density at radius 2 is 1.89 bits per heavy atom. The molecule has 100 valence electrons. The molecular weight excluding hydrogens is 415 g/mol. The van der Waals surface area contributed by atoms with E-state index in [1.54, 1.807) is 12.3 Å². The molecule has 2 rings (SSSR count). The number of aromatic nitrogens is 1. The Morgan fingerprint density at radius 3 is 2.53 bits per heavy atom. The summed E-state index contributed by atoms with van der Waals surface area (Å²) in [7, 11) is 0. The second-order valence-electron chi connectivity index (χ2n) is 4.08. The van der Waals surface area contributed by atoms with Gasteiger partial charge >= 0.3 is 0 Å². The number of nitrogens with two attached hydrogens (primary N) is 1. The number of nitrogens with zero attached hydrogens (tertiary/aromatic N) is 1. The number of pyridine rings is 1. The van der Waals surface area contributed by atoms with Crippen LogP contribution >= 0.6 is 55.1 Å². The van der Waals surface area contributed by atoms with Crippen LogP contribution in [0, 0.1) is 0 Å². The average molecular weight is 425 g/mol. The van der Waals surface area contributed by atoms with Crippen LogP contribution in [0.2, 0.25) is 10.0 Å². The van der Waals surface area contributed by atoms with Crippen LogP contribution < -0.4 is 5.73 Å². The van der Waals surface area contributed by atoms with Crippen LogP contribution in [0.5, 0.6) is 0 Å². The highest BCUT2D eigenvalue weighted by Gasteiger charge is 2.13. The second-order valence-corrected chi connectivity index (χ2v) is 6.66. The van der Waals surface area contributed by atoms with Gasteiger partial charge in [-0.05, 0) is 62.0 Å². The molecule has 1 heterocycles. The third kappa shape index (κ3) is 3.92. The lowest BCUT2D eigenvalue weighted by Gasteiger charge is -2.13. The van der Waals surface area contributed by atoms with E-state index in [4.69, 9.17) is 28.9 Å². The molecule has 0 saturated heterocycles. The van der Waals surface area contributed by atoms with Gasteiger partial charge in [0, 0.05) is 15.1 Å². The zero-order valence-corrected chi connectivity index (χ0v) is 14.4. The van der Waals surface area contributed by atoms with Crippen molar-refractivity contribution in [3.63, 3.8) is 0 Å². The molecule has 0 aliphatic rings. The maximum absolute atomic E-state index is 6.18. The van der Waals surface area contributed by atoms with Gasteiger partial charge < -0.3 is 5.73 Å². The normalized spacial score (nSPS) is 12.5. The summed E-state index contributed by atoms with van der Waals surface area (Å²) in [5.41, 5.74) is 8.02. The van der Waals surface area contributed by atoms with Crippen molar-refractivity contribution in [1.82, 2.24) is 4.98 Å². The molecule has 0 fully saturated rings. The van der Waals surface area contributed by atoms with Gasteiger partial charge in [-0.3, -0.25) is 4.98 Å². The molecule has 6 heteroatoms. The molecule has 2 nitrogen and oxygen atoms in total. The van der Waals surface area contributed by atoms with Crippen LogP contribution in [0.15, 0.2) is 39.4 Å². The minimum Gasteiger partial charge on any atom is -0.322 e. The largest absolute Gasteiger partial charge is 0.322 e. The number of hydrogen-bond acceptors (Lipinski definition) is 2. The Bertz CT molecular complexity index is 605. The molecule has 1 aromatic carbocycles. The number of benzene rings is 1. The van der Waals surface area contributed by atoms with Crippen molar-refractivity contribution in [3.8, 4) is 0 Å². The lowest BCUT2D eigenvalue weighted by atomic mass is 10.0. The lowest BCUT2D eigenvalue weighted by Crippen LogP contribution is -2.15. The van der Waals surface area contributed by atoms with E-state index in [0.717, 1.165) is 20.2 Å². The van der Waals surface area contributed by atoms with Crippen molar-refractivity contribution < 1.29 is 0 Å². The fourth-order valence-electron chi connectivity index (χ4n) is 1.72. The van der Waals surface area contributed by atoms with Crippen molar-refractivity contribution in [2.75, 3.05) is 0 Å². The lowest BCUT2D eigenvalue weighted by molar-refractivity contribution is 0.692. The molecule has 1 unspecified atom stereocenters. The molecule has 0 aliphatic carbocycles. The minimum atomic E-state index is -0.209. The van der Waals surface area contributed by atoms with E-state index in [1.165, 1.54) is 0 Å². The predicted octanol–water partition coefficient (Wildman–Crippen LogP) is 5.16. The molecule has 1 aromatic heterocycles. The van der Waals surface area contributed by atoms with E-state index in [-0.39, 0.29) is 6.04 Å². The van der Waals surface area contributed by atoms with E-state index in [9.17, 15) is 0 Å². The minimum absolute atomic E-state index is 0.209. The molecule has 0 saturated carbocycles. The summed E-state index contributed by atoms with van der Waals surface area (Å²) < 4.78 is 1.79. The van der Waals surface area contributed by atoms with Gasteiger partial charge in [0.2, 0.25) is 0 Å². The van der Waals surface area contributed by atoms with Crippen LogP contribution in [0.3, 0.4) is 0 Å². The zero-order valence-electron chi connectivity index (χ0n) is 9.71. The first-order valence-electron chi connectivity index (χ1n) is 5.48.